The molecule has 0 bridgehead atoms. The van der Waals surface area contributed by atoms with Gasteiger partial charge >= 0.3 is 0 Å². The van der Waals surface area contributed by atoms with Crippen LogP contribution in [0.2, 0.25) is 0 Å². The molecule has 7 nitrogen and oxygen atoms in total. The number of allylic oxidation sites excluding steroid dienone is 2. The minimum absolute atomic E-state index is 0.0285. The van der Waals surface area contributed by atoms with Crippen molar-refractivity contribution in [2.45, 2.75) is 39.2 Å². The molecule has 0 aromatic heterocycles. The molecule has 2 aliphatic rings. The van der Waals surface area contributed by atoms with Crippen LogP contribution in [0.3, 0.4) is 0 Å². The molecular weight excluding hydrogens is 402 g/mol. The van der Waals surface area contributed by atoms with Crippen molar-refractivity contribution < 1.29 is 9.47 Å². The number of methoxy groups -OCH3 is 1. The normalized spacial score (nSPS) is 22.2. The first-order chi connectivity index (χ1) is 15.4. The standard InChI is InChI=1S/C25H29N5O2/c1-5-10-32-21-7-6-17(11-22(21)31-4)23-20-13-30(16(2)3)9-8-18(20)19(12-26)24(29)25(23,14-27)15-28/h6-8,11,16,20,23H,5,9-10,13,29H2,1-4H3. The minimum Gasteiger partial charge on any atom is -0.493 e. The van der Waals surface area contributed by atoms with E-state index >= 15 is 0 Å². The quantitative estimate of drug-likeness (QED) is 0.730. The molecule has 0 spiro atoms. The Morgan fingerprint density at radius 1 is 1.22 bits per heavy atom. The number of ether oxygens (including phenoxy) is 2. The summed E-state index contributed by atoms with van der Waals surface area (Å²) in [5.74, 6) is 0.352. The lowest BCUT2D eigenvalue weighted by molar-refractivity contribution is 0.174. The Bertz CT molecular complexity index is 1050. The van der Waals surface area contributed by atoms with E-state index in [4.69, 9.17) is 15.2 Å². The summed E-state index contributed by atoms with van der Waals surface area (Å²) < 4.78 is 11.3. The molecule has 32 heavy (non-hydrogen) atoms. The van der Waals surface area contributed by atoms with Gasteiger partial charge in [-0.2, -0.15) is 15.8 Å². The Balaban J connectivity index is 2.24. The Morgan fingerprint density at radius 2 is 1.94 bits per heavy atom. The van der Waals surface area contributed by atoms with E-state index in [0.717, 1.165) is 17.6 Å². The Kier molecular flexibility index (Phi) is 6.78. The van der Waals surface area contributed by atoms with Crippen molar-refractivity contribution in [1.29, 1.82) is 15.8 Å². The summed E-state index contributed by atoms with van der Waals surface area (Å²) in [5.41, 5.74) is 6.59. The molecule has 2 N–H and O–H groups in total. The monoisotopic (exact) mass is 431 g/mol. The number of rotatable bonds is 6. The molecule has 2 atom stereocenters. The molecule has 0 saturated heterocycles. The summed E-state index contributed by atoms with van der Waals surface area (Å²) in [6.45, 7) is 8.10. The molecule has 166 valence electrons. The first kappa shape index (κ1) is 23.2. The van der Waals surface area contributed by atoms with E-state index < -0.39 is 11.3 Å². The molecule has 1 aliphatic heterocycles. The van der Waals surface area contributed by atoms with Crippen LogP contribution < -0.4 is 15.2 Å². The van der Waals surface area contributed by atoms with Crippen LogP contribution in [0.4, 0.5) is 0 Å². The fraction of sp³-hybridized carbons (Fsp3) is 0.480. The molecule has 1 aromatic rings. The van der Waals surface area contributed by atoms with Crippen molar-refractivity contribution in [3.8, 4) is 29.7 Å². The third-order valence-corrected chi connectivity index (χ3v) is 6.43. The average molecular weight is 432 g/mol. The van der Waals surface area contributed by atoms with Gasteiger partial charge in [0.2, 0.25) is 0 Å². The zero-order chi connectivity index (χ0) is 23.5. The summed E-state index contributed by atoms with van der Waals surface area (Å²) in [5, 5.41) is 30.3. The molecule has 0 saturated carbocycles. The van der Waals surface area contributed by atoms with Crippen molar-refractivity contribution in [3.05, 3.63) is 46.7 Å². The van der Waals surface area contributed by atoms with Crippen molar-refractivity contribution in [2.24, 2.45) is 17.1 Å². The fourth-order valence-electron chi connectivity index (χ4n) is 4.71. The zero-order valence-corrected chi connectivity index (χ0v) is 19.1. The minimum atomic E-state index is -1.66. The van der Waals surface area contributed by atoms with Crippen LogP contribution in [0, 0.1) is 45.3 Å². The van der Waals surface area contributed by atoms with Gasteiger partial charge in [-0.1, -0.05) is 19.1 Å². The summed E-state index contributed by atoms with van der Waals surface area (Å²) in [6, 6.07) is 12.3. The SMILES string of the molecule is CCCOc1ccc(C2C3CN(C(C)C)CC=C3C(C#N)=C(N)C2(C#N)C#N)cc1OC. The molecule has 1 aromatic carbocycles. The zero-order valence-electron chi connectivity index (χ0n) is 19.1. The Labute approximate surface area is 189 Å². The lowest BCUT2D eigenvalue weighted by Crippen LogP contribution is -2.49. The highest BCUT2D eigenvalue weighted by molar-refractivity contribution is 5.60. The number of nitrogens with two attached hydrogens (primary N) is 1. The lowest BCUT2D eigenvalue weighted by Gasteiger charge is -2.46. The van der Waals surface area contributed by atoms with E-state index in [1.165, 1.54) is 0 Å². The highest BCUT2D eigenvalue weighted by atomic mass is 16.5. The Hall–Kier alpha value is -3.47. The summed E-state index contributed by atoms with van der Waals surface area (Å²) in [6.07, 6.45) is 2.88. The van der Waals surface area contributed by atoms with Crippen molar-refractivity contribution >= 4 is 0 Å². The fourth-order valence-corrected chi connectivity index (χ4v) is 4.71. The lowest BCUT2D eigenvalue weighted by atomic mass is 9.58. The van der Waals surface area contributed by atoms with Gasteiger partial charge in [-0.3, -0.25) is 4.90 Å². The van der Waals surface area contributed by atoms with Gasteiger partial charge in [0.05, 0.1) is 37.1 Å². The summed E-state index contributed by atoms with van der Waals surface area (Å²) in [4.78, 5) is 2.27. The molecule has 2 unspecified atom stereocenters. The predicted octanol–water partition coefficient (Wildman–Crippen LogP) is 3.62. The molecule has 3 rings (SSSR count). The Morgan fingerprint density at radius 3 is 2.50 bits per heavy atom. The number of hydrogen-bond acceptors (Lipinski definition) is 7. The maximum atomic E-state index is 10.2. The molecular formula is C25H29N5O2. The number of fused-ring (bicyclic) bond motifs is 1. The van der Waals surface area contributed by atoms with Crippen LogP contribution in [0.1, 0.15) is 38.7 Å². The van der Waals surface area contributed by atoms with Gasteiger partial charge in [0.25, 0.3) is 0 Å². The van der Waals surface area contributed by atoms with Crippen LogP contribution >= 0.6 is 0 Å². The van der Waals surface area contributed by atoms with E-state index in [2.05, 4.69) is 37.0 Å². The first-order valence-electron chi connectivity index (χ1n) is 10.9. The second-order valence-electron chi connectivity index (χ2n) is 8.48. The van der Waals surface area contributed by atoms with E-state index in [1.807, 2.05) is 31.2 Å². The van der Waals surface area contributed by atoms with E-state index in [1.54, 1.807) is 7.11 Å². The highest BCUT2D eigenvalue weighted by Gasteiger charge is 2.54. The summed E-state index contributed by atoms with van der Waals surface area (Å²) >= 11 is 0. The van der Waals surface area contributed by atoms with Crippen molar-refractivity contribution in [2.75, 3.05) is 26.8 Å². The van der Waals surface area contributed by atoms with Crippen LogP contribution in [-0.2, 0) is 0 Å². The van der Waals surface area contributed by atoms with Gasteiger partial charge in [0, 0.05) is 31.0 Å². The second kappa shape index (κ2) is 9.35. The number of hydrogen-bond donors (Lipinski definition) is 1. The first-order valence-corrected chi connectivity index (χ1v) is 10.9. The van der Waals surface area contributed by atoms with Gasteiger partial charge < -0.3 is 15.2 Å². The number of nitrogens with zero attached hydrogens (tertiary/aromatic N) is 4. The number of nitriles is 3. The van der Waals surface area contributed by atoms with E-state index in [0.29, 0.717) is 31.2 Å². The van der Waals surface area contributed by atoms with E-state index in [-0.39, 0.29) is 23.2 Å². The number of benzene rings is 1. The van der Waals surface area contributed by atoms with Crippen LogP contribution in [0.15, 0.2) is 41.1 Å². The second-order valence-corrected chi connectivity index (χ2v) is 8.48. The van der Waals surface area contributed by atoms with Gasteiger partial charge in [-0.25, -0.2) is 0 Å². The molecule has 0 amide bonds. The summed E-state index contributed by atoms with van der Waals surface area (Å²) in [7, 11) is 1.56. The molecule has 0 radical (unpaired) electrons. The highest BCUT2D eigenvalue weighted by Crippen LogP contribution is 2.55. The average Bonchev–Trinajstić information content (AvgIpc) is 2.81. The van der Waals surface area contributed by atoms with Crippen LogP contribution in [-0.4, -0.2) is 37.7 Å². The molecule has 1 aliphatic carbocycles. The third-order valence-electron chi connectivity index (χ3n) is 6.43. The van der Waals surface area contributed by atoms with Gasteiger partial charge in [0.15, 0.2) is 16.9 Å². The molecule has 0 fully saturated rings. The molecule has 1 heterocycles. The van der Waals surface area contributed by atoms with Gasteiger partial charge in [-0.05, 0) is 43.5 Å². The topological polar surface area (TPSA) is 119 Å². The van der Waals surface area contributed by atoms with Crippen LogP contribution in [0.25, 0.3) is 0 Å². The largest absolute Gasteiger partial charge is 0.493 e. The predicted molar refractivity (Wildman–Crippen MR) is 120 cm³/mol. The maximum Gasteiger partial charge on any atom is 0.191 e. The third kappa shape index (κ3) is 3.68. The molecule has 7 heteroatoms. The van der Waals surface area contributed by atoms with Crippen molar-refractivity contribution in [3.63, 3.8) is 0 Å². The van der Waals surface area contributed by atoms with Gasteiger partial charge in [-0.15, -0.1) is 0 Å². The van der Waals surface area contributed by atoms with Gasteiger partial charge in [0.1, 0.15) is 6.07 Å². The van der Waals surface area contributed by atoms with Crippen molar-refractivity contribution in [1.82, 2.24) is 4.90 Å². The maximum absolute atomic E-state index is 10.2. The van der Waals surface area contributed by atoms with Crippen LogP contribution in [0.5, 0.6) is 11.5 Å². The van der Waals surface area contributed by atoms with E-state index in [9.17, 15) is 15.8 Å². The smallest absolute Gasteiger partial charge is 0.191 e.